The molecule has 0 aliphatic rings. The van der Waals surface area contributed by atoms with Gasteiger partial charge >= 0.3 is 6.18 Å². The highest BCUT2D eigenvalue weighted by Gasteiger charge is 2.30. The lowest BCUT2D eigenvalue weighted by Crippen LogP contribution is -2.19. The predicted molar refractivity (Wildman–Crippen MR) is 90.4 cm³/mol. The zero-order chi connectivity index (χ0) is 16.3. The summed E-state index contributed by atoms with van der Waals surface area (Å²) in [7, 11) is 0. The Hall–Kier alpha value is -1.31. The number of halogens is 5. The van der Waals surface area contributed by atoms with E-state index in [0.717, 1.165) is 16.6 Å². The molecule has 0 spiro atoms. The molecule has 0 aliphatic carbocycles. The number of rotatable bonds is 2. The van der Waals surface area contributed by atoms with Gasteiger partial charge in [0.25, 0.3) is 0 Å². The maximum Gasteiger partial charge on any atom is 0.416 e. The number of anilines is 2. The molecule has 0 unspecified atom stereocenters. The van der Waals surface area contributed by atoms with E-state index < -0.39 is 11.7 Å². The van der Waals surface area contributed by atoms with Gasteiger partial charge in [-0.1, -0.05) is 17.7 Å². The number of benzene rings is 2. The van der Waals surface area contributed by atoms with Crippen molar-refractivity contribution in [1.82, 2.24) is 0 Å². The number of hydrogen-bond acceptors (Lipinski definition) is 1. The lowest BCUT2D eigenvalue weighted by molar-refractivity contribution is -0.137. The van der Waals surface area contributed by atoms with Gasteiger partial charge in [0.15, 0.2) is 5.11 Å². The van der Waals surface area contributed by atoms with E-state index in [1.807, 2.05) is 0 Å². The molecule has 2 nitrogen and oxygen atoms in total. The fourth-order valence-corrected chi connectivity index (χ4v) is 2.30. The van der Waals surface area contributed by atoms with Crippen LogP contribution in [0.5, 0.6) is 0 Å². The van der Waals surface area contributed by atoms with Gasteiger partial charge < -0.3 is 10.6 Å². The van der Waals surface area contributed by atoms with Gasteiger partial charge in [-0.3, -0.25) is 0 Å². The molecule has 0 saturated carbocycles. The Bertz CT molecular complexity index is 707. The van der Waals surface area contributed by atoms with Gasteiger partial charge in [0, 0.05) is 15.8 Å². The quantitative estimate of drug-likeness (QED) is 0.601. The topological polar surface area (TPSA) is 24.1 Å². The normalized spacial score (nSPS) is 11.1. The summed E-state index contributed by atoms with van der Waals surface area (Å²) >= 11 is 14.3. The summed E-state index contributed by atoms with van der Waals surface area (Å²) in [6, 6.07) is 9.90. The second-order valence-electron chi connectivity index (χ2n) is 4.29. The van der Waals surface area contributed by atoms with Crippen molar-refractivity contribution in [3.05, 3.63) is 57.5 Å². The lowest BCUT2D eigenvalue weighted by atomic mass is 10.2. The Kier molecular flexibility index (Phi) is 5.31. The number of thiocarbonyl (C=S) groups is 1. The van der Waals surface area contributed by atoms with E-state index in [2.05, 4.69) is 26.6 Å². The summed E-state index contributed by atoms with van der Waals surface area (Å²) in [5.74, 6) is 0. The van der Waals surface area contributed by atoms with E-state index in [4.69, 9.17) is 23.8 Å². The van der Waals surface area contributed by atoms with Gasteiger partial charge in [-0.05, 0) is 64.5 Å². The predicted octanol–water partition coefficient (Wildman–Crippen LogP) is 5.93. The van der Waals surface area contributed by atoms with Crippen LogP contribution in [0.4, 0.5) is 24.5 Å². The van der Waals surface area contributed by atoms with E-state index >= 15 is 0 Å². The molecule has 116 valence electrons. The van der Waals surface area contributed by atoms with Crippen LogP contribution in [0.1, 0.15) is 5.56 Å². The molecule has 8 heteroatoms. The van der Waals surface area contributed by atoms with E-state index in [9.17, 15) is 13.2 Å². The van der Waals surface area contributed by atoms with Crippen LogP contribution in [0.15, 0.2) is 46.9 Å². The fraction of sp³-hybridized carbons (Fsp3) is 0.0714. The minimum Gasteiger partial charge on any atom is -0.332 e. The van der Waals surface area contributed by atoms with Crippen LogP contribution in [-0.2, 0) is 6.18 Å². The average molecular weight is 410 g/mol. The molecule has 0 saturated heterocycles. The van der Waals surface area contributed by atoms with Gasteiger partial charge in [0.1, 0.15) is 0 Å². The summed E-state index contributed by atoms with van der Waals surface area (Å²) in [5.41, 5.74) is 0.125. The second kappa shape index (κ2) is 6.85. The molecule has 0 aliphatic heterocycles. The molecular formula is C14H9BrClF3N2S. The molecule has 0 fully saturated rings. The largest absolute Gasteiger partial charge is 0.416 e. The highest BCUT2D eigenvalue weighted by atomic mass is 79.9. The SMILES string of the molecule is FC(F)(F)c1cccc(NC(=S)Nc2ccc(Br)c(Cl)c2)c1. The van der Waals surface area contributed by atoms with Crippen molar-refractivity contribution in [2.45, 2.75) is 6.18 Å². The van der Waals surface area contributed by atoms with Gasteiger partial charge in [0.2, 0.25) is 0 Å². The maximum absolute atomic E-state index is 12.6. The van der Waals surface area contributed by atoms with E-state index in [1.54, 1.807) is 18.2 Å². The third kappa shape index (κ3) is 4.59. The zero-order valence-electron chi connectivity index (χ0n) is 10.8. The van der Waals surface area contributed by atoms with Crippen LogP contribution in [0.3, 0.4) is 0 Å². The third-order valence-electron chi connectivity index (χ3n) is 2.63. The van der Waals surface area contributed by atoms with Crippen LogP contribution in [-0.4, -0.2) is 5.11 Å². The molecular weight excluding hydrogens is 401 g/mol. The molecule has 2 aromatic carbocycles. The van der Waals surface area contributed by atoms with Crippen molar-refractivity contribution in [2.75, 3.05) is 10.6 Å². The molecule has 0 aromatic heterocycles. The fourth-order valence-electron chi connectivity index (χ4n) is 1.64. The number of nitrogens with one attached hydrogen (secondary N) is 2. The molecule has 0 amide bonds. The summed E-state index contributed by atoms with van der Waals surface area (Å²) in [6.45, 7) is 0. The molecule has 2 rings (SSSR count). The van der Waals surface area contributed by atoms with Crippen molar-refractivity contribution in [3.63, 3.8) is 0 Å². The highest BCUT2D eigenvalue weighted by Crippen LogP contribution is 2.30. The monoisotopic (exact) mass is 408 g/mol. The molecule has 2 N–H and O–H groups in total. The molecule has 22 heavy (non-hydrogen) atoms. The first-order valence-electron chi connectivity index (χ1n) is 5.96. The Labute approximate surface area is 143 Å². The van der Waals surface area contributed by atoms with Crippen LogP contribution in [0.25, 0.3) is 0 Å². The van der Waals surface area contributed by atoms with Crippen molar-refractivity contribution in [1.29, 1.82) is 0 Å². The second-order valence-corrected chi connectivity index (χ2v) is 5.96. The molecule has 0 atom stereocenters. The van der Waals surface area contributed by atoms with E-state index in [0.29, 0.717) is 10.7 Å². The summed E-state index contributed by atoms with van der Waals surface area (Å²) < 4.78 is 38.6. The average Bonchev–Trinajstić information content (AvgIpc) is 2.42. The number of alkyl halides is 3. The lowest BCUT2D eigenvalue weighted by Gasteiger charge is -2.13. The third-order valence-corrected chi connectivity index (χ3v) is 4.06. The van der Waals surface area contributed by atoms with Crippen LogP contribution in [0.2, 0.25) is 5.02 Å². The van der Waals surface area contributed by atoms with Crippen LogP contribution < -0.4 is 10.6 Å². The first kappa shape index (κ1) is 17.1. The maximum atomic E-state index is 12.6. The van der Waals surface area contributed by atoms with E-state index in [1.165, 1.54) is 12.1 Å². The summed E-state index contributed by atoms with van der Waals surface area (Å²) in [4.78, 5) is 0. The Morgan fingerprint density at radius 1 is 1.05 bits per heavy atom. The molecule has 0 bridgehead atoms. The van der Waals surface area contributed by atoms with Crippen molar-refractivity contribution in [2.24, 2.45) is 0 Å². The van der Waals surface area contributed by atoms with Crippen molar-refractivity contribution >= 4 is 56.2 Å². The van der Waals surface area contributed by atoms with Gasteiger partial charge in [-0.2, -0.15) is 13.2 Å². The first-order valence-corrected chi connectivity index (χ1v) is 7.54. The van der Waals surface area contributed by atoms with Crippen LogP contribution in [0, 0.1) is 0 Å². The summed E-state index contributed by atoms with van der Waals surface area (Å²) in [6.07, 6.45) is -4.40. The number of hydrogen-bond donors (Lipinski definition) is 2. The van der Waals surface area contributed by atoms with Crippen molar-refractivity contribution < 1.29 is 13.2 Å². The highest BCUT2D eigenvalue weighted by molar-refractivity contribution is 9.10. The Morgan fingerprint density at radius 3 is 2.27 bits per heavy atom. The summed E-state index contributed by atoms with van der Waals surface area (Å²) in [5, 5.41) is 6.21. The van der Waals surface area contributed by atoms with E-state index in [-0.39, 0.29) is 10.8 Å². The van der Waals surface area contributed by atoms with Crippen molar-refractivity contribution in [3.8, 4) is 0 Å². The Morgan fingerprint density at radius 2 is 1.68 bits per heavy atom. The molecule has 2 aromatic rings. The van der Waals surface area contributed by atoms with Gasteiger partial charge in [-0.25, -0.2) is 0 Å². The Balaban J connectivity index is 2.07. The molecule has 0 heterocycles. The molecule has 0 radical (unpaired) electrons. The first-order chi connectivity index (χ1) is 10.3. The standard InChI is InChI=1S/C14H9BrClF3N2S/c15-11-5-4-10(7-12(11)16)21-13(22)20-9-3-1-2-8(6-9)14(17,18)19/h1-7H,(H2,20,21,22). The van der Waals surface area contributed by atoms with Crippen LogP contribution >= 0.6 is 39.7 Å². The zero-order valence-corrected chi connectivity index (χ0v) is 14.0. The van der Waals surface area contributed by atoms with Gasteiger partial charge in [0.05, 0.1) is 10.6 Å². The smallest absolute Gasteiger partial charge is 0.332 e. The van der Waals surface area contributed by atoms with Gasteiger partial charge in [-0.15, -0.1) is 0 Å². The minimum absolute atomic E-state index is 0.165. The minimum atomic E-state index is -4.40.